The van der Waals surface area contributed by atoms with Crippen LogP contribution in [0.4, 0.5) is 0 Å². The first kappa shape index (κ1) is 31.8. The summed E-state index contributed by atoms with van der Waals surface area (Å²) in [7, 11) is 1.54. The fourth-order valence-corrected chi connectivity index (χ4v) is 5.98. The summed E-state index contributed by atoms with van der Waals surface area (Å²) in [6, 6.07) is 3.87. The van der Waals surface area contributed by atoms with Crippen LogP contribution >= 0.6 is 0 Å². The van der Waals surface area contributed by atoms with Gasteiger partial charge in [-0.25, -0.2) is 0 Å². The zero-order valence-electron chi connectivity index (χ0n) is 25.1. The minimum absolute atomic E-state index is 0.0568. The number of aromatic nitrogens is 1. The Morgan fingerprint density at radius 1 is 1.02 bits per heavy atom. The van der Waals surface area contributed by atoms with Gasteiger partial charge >= 0.3 is 5.97 Å². The van der Waals surface area contributed by atoms with Crippen molar-refractivity contribution in [3.8, 4) is 0 Å². The Morgan fingerprint density at radius 3 is 2.47 bits per heavy atom. The normalized spacial score (nSPS) is 24.2. The fraction of sp³-hybridized carbons (Fsp3) is 0.581. The molecule has 2 saturated heterocycles. The molecule has 0 saturated carbocycles. The average molecular weight is 598 g/mol. The van der Waals surface area contributed by atoms with Crippen molar-refractivity contribution in [2.45, 2.75) is 95.8 Å². The fourth-order valence-electron chi connectivity index (χ4n) is 5.98. The number of carboxylic acids is 1. The molecule has 12 heteroatoms. The van der Waals surface area contributed by atoms with E-state index >= 15 is 0 Å². The van der Waals surface area contributed by atoms with Gasteiger partial charge in [-0.05, 0) is 49.7 Å². The summed E-state index contributed by atoms with van der Waals surface area (Å²) in [5.74, 6) is -2.90. The molecule has 0 radical (unpaired) electrons. The lowest BCUT2D eigenvalue weighted by Gasteiger charge is -2.39. The molecule has 4 N–H and O–H groups in total. The van der Waals surface area contributed by atoms with Crippen molar-refractivity contribution in [3.05, 3.63) is 36.0 Å². The Bertz CT molecular complexity index is 1340. The van der Waals surface area contributed by atoms with E-state index in [0.29, 0.717) is 32.2 Å². The molecule has 12 nitrogen and oxygen atoms in total. The number of rotatable bonds is 10. The lowest BCUT2D eigenvalue weighted by atomic mass is 9.93. The summed E-state index contributed by atoms with van der Waals surface area (Å²) in [5.41, 5.74) is 1.56. The first-order chi connectivity index (χ1) is 20.6. The Morgan fingerprint density at radius 2 is 1.74 bits per heavy atom. The standard InChI is InChI=1S/C31H43N5O7/c1-4-19(2)27-31(42)35-16-10-9-14-25(35)30(41)32-22(12-6-8-15-26(37)38)28(39)33-23(29(40)34-27)17-20-18-36(43-3)24-13-7-5-11-21(20)24/h5,7,11,13,18-19,22-23,25,27H,4,6,8-10,12,14-17H2,1-3H3,(H,32,41)(H,33,39)(H,34,40)(H,37,38)/t19-,22-,23-,25+,27-/m0/s1. The van der Waals surface area contributed by atoms with E-state index in [-0.39, 0.29) is 31.1 Å². The third-order valence-corrected chi connectivity index (χ3v) is 8.65. The van der Waals surface area contributed by atoms with Crippen molar-refractivity contribution in [3.63, 3.8) is 0 Å². The lowest BCUT2D eigenvalue weighted by molar-refractivity contribution is -0.147. The third-order valence-electron chi connectivity index (χ3n) is 8.65. The van der Waals surface area contributed by atoms with Gasteiger partial charge in [-0.3, -0.25) is 24.0 Å². The monoisotopic (exact) mass is 597 g/mol. The van der Waals surface area contributed by atoms with Crippen LogP contribution in [-0.2, 0) is 30.4 Å². The van der Waals surface area contributed by atoms with Gasteiger partial charge in [0.05, 0.1) is 5.52 Å². The van der Waals surface area contributed by atoms with Crippen LogP contribution in [0.25, 0.3) is 10.9 Å². The summed E-state index contributed by atoms with van der Waals surface area (Å²) < 4.78 is 1.59. The van der Waals surface area contributed by atoms with Gasteiger partial charge in [0, 0.05) is 31.0 Å². The SMILES string of the molecule is CC[C@H](C)[C@@H]1NC(=O)[C@H](Cc2cn(OC)c3ccccc23)NC(=O)[C@H](CCCCC(=O)O)NC(=O)[C@H]2CCCCN2C1=O. The summed E-state index contributed by atoms with van der Waals surface area (Å²) in [4.78, 5) is 73.3. The largest absolute Gasteiger partial charge is 0.481 e. The molecule has 4 amide bonds. The molecular formula is C31H43N5O7. The number of unbranched alkanes of at least 4 members (excludes halogenated alkanes) is 1. The number of aliphatic carboxylic acids is 1. The number of para-hydroxylation sites is 1. The van der Waals surface area contributed by atoms with Crippen LogP contribution in [0.5, 0.6) is 0 Å². The molecule has 2 aromatic rings. The Balaban J connectivity index is 1.70. The van der Waals surface area contributed by atoms with Crippen LogP contribution in [0.1, 0.15) is 70.8 Å². The number of amides is 4. The molecule has 1 aromatic heterocycles. The number of nitrogens with one attached hydrogen (secondary N) is 3. The van der Waals surface area contributed by atoms with Crippen LogP contribution in [0.15, 0.2) is 30.5 Å². The maximum absolute atomic E-state index is 14.0. The van der Waals surface area contributed by atoms with Crippen LogP contribution in [0, 0.1) is 5.92 Å². The number of hydrogen-bond donors (Lipinski definition) is 4. The molecule has 2 aliphatic rings. The molecule has 3 heterocycles. The summed E-state index contributed by atoms with van der Waals surface area (Å²) in [6.45, 7) is 4.21. The van der Waals surface area contributed by atoms with Gasteiger partial charge in [0.25, 0.3) is 0 Å². The number of benzene rings is 1. The highest BCUT2D eigenvalue weighted by Gasteiger charge is 2.40. The number of piperidine rings is 1. The molecule has 43 heavy (non-hydrogen) atoms. The maximum atomic E-state index is 14.0. The number of carboxylic acid groups (broad SMARTS) is 1. The smallest absolute Gasteiger partial charge is 0.303 e. The van der Waals surface area contributed by atoms with Gasteiger partial charge in [-0.1, -0.05) is 44.9 Å². The van der Waals surface area contributed by atoms with Crippen LogP contribution in [0.3, 0.4) is 0 Å². The lowest BCUT2D eigenvalue weighted by Crippen LogP contribution is -2.64. The van der Waals surface area contributed by atoms with E-state index in [0.717, 1.165) is 29.3 Å². The third kappa shape index (κ3) is 7.47. The van der Waals surface area contributed by atoms with Crippen molar-refractivity contribution in [2.75, 3.05) is 13.7 Å². The average Bonchev–Trinajstić information content (AvgIpc) is 3.36. The van der Waals surface area contributed by atoms with E-state index < -0.39 is 47.9 Å². The number of nitrogens with zero attached hydrogens (tertiary/aromatic N) is 2. The van der Waals surface area contributed by atoms with Gasteiger partial charge in [-0.2, -0.15) is 4.73 Å². The summed E-state index contributed by atoms with van der Waals surface area (Å²) in [6.07, 6.45) is 5.31. The molecule has 234 valence electrons. The number of fused-ring (bicyclic) bond motifs is 2. The van der Waals surface area contributed by atoms with Gasteiger partial charge < -0.3 is 30.8 Å². The zero-order valence-corrected chi connectivity index (χ0v) is 25.1. The number of carbonyl (C=O) groups is 5. The van der Waals surface area contributed by atoms with E-state index in [9.17, 15) is 24.0 Å². The van der Waals surface area contributed by atoms with Crippen molar-refractivity contribution in [1.29, 1.82) is 0 Å². The zero-order chi connectivity index (χ0) is 31.1. The number of hydrogen-bond acceptors (Lipinski definition) is 6. The Hall–Kier alpha value is -4.09. The highest BCUT2D eigenvalue weighted by atomic mass is 16.6. The second-order valence-electron chi connectivity index (χ2n) is 11.6. The molecule has 1 aromatic carbocycles. The first-order valence-electron chi connectivity index (χ1n) is 15.2. The molecule has 5 atom stereocenters. The molecule has 0 unspecified atom stereocenters. The predicted octanol–water partition coefficient (Wildman–Crippen LogP) is 1.78. The quantitative estimate of drug-likeness (QED) is 0.304. The first-order valence-corrected chi connectivity index (χ1v) is 15.2. The van der Waals surface area contributed by atoms with Crippen molar-refractivity contribution < 1.29 is 33.9 Å². The topological polar surface area (TPSA) is 159 Å². The molecule has 2 aliphatic heterocycles. The highest BCUT2D eigenvalue weighted by molar-refractivity contribution is 5.98. The molecule has 0 bridgehead atoms. The number of carbonyl (C=O) groups excluding carboxylic acids is 4. The second-order valence-corrected chi connectivity index (χ2v) is 11.6. The van der Waals surface area contributed by atoms with E-state index in [1.165, 1.54) is 7.11 Å². The van der Waals surface area contributed by atoms with Crippen molar-refractivity contribution in [2.24, 2.45) is 5.92 Å². The van der Waals surface area contributed by atoms with Gasteiger partial charge in [0.15, 0.2) is 0 Å². The van der Waals surface area contributed by atoms with E-state index in [1.54, 1.807) is 15.8 Å². The van der Waals surface area contributed by atoms with E-state index in [4.69, 9.17) is 9.94 Å². The molecule has 0 aliphatic carbocycles. The van der Waals surface area contributed by atoms with E-state index in [1.807, 2.05) is 38.1 Å². The summed E-state index contributed by atoms with van der Waals surface area (Å²) in [5, 5.41) is 18.5. The van der Waals surface area contributed by atoms with Gasteiger partial charge in [0.1, 0.15) is 31.3 Å². The molecule has 0 spiro atoms. The second kappa shape index (κ2) is 14.4. The minimum Gasteiger partial charge on any atom is -0.481 e. The van der Waals surface area contributed by atoms with Gasteiger partial charge in [0.2, 0.25) is 23.6 Å². The van der Waals surface area contributed by atoms with Crippen LogP contribution in [0.2, 0.25) is 0 Å². The van der Waals surface area contributed by atoms with Crippen LogP contribution < -0.4 is 20.8 Å². The van der Waals surface area contributed by atoms with Crippen molar-refractivity contribution in [1.82, 2.24) is 25.6 Å². The van der Waals surface area contributed by atoms with Crippen LogP contribution in [-0.4, -0.2) is 82.2 Å². The van der Waals surface area contributed by atoms with Gasteiger partial charge in [-0.15, -0.1) is 0 Å². The minimum atomic E-state index is -1.06. The summed E-state index contributed by atoms with van der Waals surface area (Å²) >= 11 is 0. The molecule has 4 rings (SSSR count). The highest BCUT2D eigenvalue weighted by Crippen LogP contribution is 2.24. The predicted molar refractivity (Wildman–Crippen MR) is 159 cm³/mol. The van der Waals surface area contributed by atoms with Crippen molar-refractivity contribution >= 4 is 40.5 Å². The molecule has 2 fully saturated rings. The Labute approximate surface area is 251 Å². The maximum Gasteiger partial charge on any atom is 0.303 e. The molecular weight excluding hydrogens is 554 g/mol. The van der Waals surface area contributed by atoms with E-state index in [2.05, 4.69) is 16.0 Å². The Kier molecular flexibility index (Phi) is 10.7.